The molecule has 0 atom stereocenters. The summed E-state index contributed by atoms with van der Waals surface area (Å²) in [5, 5.41) is 19.8. The second kappa shape index (κ2) is 6.22. The van der Waals surface area contributed by atoms with Gasteiger partial charge < -0.3 is 0 Å². The van der Waals surface area contributed by atoms with Crippen LogP contribution in [0.1, 0.15) is 18.1 Å². The molecule has 0 radical (unpaired) electrons. The third-order valence-corrected chi connectivity index (χ3v) is 3.94. The predicted octanol–water partition coefficient (Wildman–Crippen LogP) is 4.18. The average molecular weight is 284 g/mol. The van der Waals surface area contributed by atoms with Crippen molar-refractivity contribution in [1.29, 1.82) is 5.26 Å². The van der Waals surface area contributed by atoms with E-state index >= 15 is 0 Å². The number of rotatable bonds is 4. The predicted molar refractivity (Wildman–Crippen MR) is 77.8 cm³/mol. The van der Waals surface area contributed by atoms with Gasteiger partial charge in [-0.05, 0) is 30.2 Å². The Kier molecular flexibility index (Phi) is 4.38. The van der Waals surface area contributed by atoms with Gasteiger partial charge in [0.25, 0.3) is 5.69 Å². The fourth-order valence-electron chi connectivity index (χ4n) is 1.73. The summed E-state index contributed by atoms with van der Waals surface area (Å²) in [6.45, 7) is 2.09. The van der Waals surface area contributed by atoms with Crippen molar-refractivity contribution in [2.24, 2.45) is 0 Å². The van der Waals surface area contributed by atoms with Crippen LogP contribution in [0.5, 0.6) is 0 Å². The smallest absolute Gasteiger partial charge is 0.258 e. The maximum absolute atomic E-state index is 10.7. The number of nitriles is 1. The van der Waals surface area contributed by atoms with Crippen LogP contribution in [0.15, 0.2) is 52.3 Å². The highest BCUT2D eigenvalue weighted by molar-refractivity contribution is 7.99. The third-order valence-electron chi connectivity index (χ3n) is 2.85. The molecule has 4 nitrogen and oxygen atoms in total. The summed E-state index contributed by atoms with van der Waals surface area (Å²) >= 11 is 1.43. The van der Waals surface area contributed by atoms with Gasteiger partial charge in [-0.3, -0.25) is 10.1 Å². The first-order valence-electron chi connectivity index (χ1n) is 6.09. The molecule has 5 heteroatoms. The lowest BCUT2D eigenvalue weighted by Crippen LogP contribution is -1.90. The maximum atomic E-state index is 10.7. The van der Waals surface area contributed by atoms with E-state index in [1.807, 2.05) is 30.3 Å². The zero-order valence-corrected chi connectivity index (χ0v) is 11.7. The molecule has 0 aliphatic carbocycles. The van der Waals surface area contributed by atoms with E-state index in [4.69, 9.17) is 5.26 Å². The Morgan fingerprint density at radius 3 is 2.50 bits per heavy atom. The van der Waals surface area contributed by atoms with Crippen molar-refractivity contribution in [2.45, 2.75) is 23.1 Å². The van der Waals surface area contributed by atoms with Gasteiger partial charge in [0.05, 0.1) is 10.5 Å². The van der Waals surface area contributed by atoms with E-state index in [1.54, 1.807) is 6.07 Å². The van der Waals surface area contributed by atoms with Crippen molar-refractivity contribution in [3.8, 4) is 6.07 Å². The Labute approximate surface area is 121 Å². The topological polar surface area (TPSA) is 66.9 Å². The van der Waals surface area contributed by atoms with Crippen LogP contribution in [0.4, 0.5) is 5.69 Å². The summed E-state index contributed by atoms with van der Waals surface area (Å²) in [6, 6.07) is 14.4. The lowest BCUT2D eigenvalue weighted by atomic mass is 10.2. The summed E-state index contributed by atoms with van der Waals surface area (Å²) in [5.41, 5.74) is 1.51. The van der Waals surface area contributed by atoms with E-state index in [0.717, 1.165) is 16.2 Å². The quantitative estimate of drug-likeness (QED) is 0.624. The first-order chi connectivity index (χ1) is 9.63. The molecule has 0 saturated heterocycles. The normalized spacial score (nSPS) is 10.0. The summed E-state index contributed by atoms with van der Waals surface area (Å²) < 4.78 is 0. The molecule has 0 bridgehead atoms. The first-order valence-corrected chi connectivity index (χ1v) is 6.91. The molecule has 0 fully saturated rings. The SMILES string of the molecule is CCc1ccc(Sc2ccc([N+](=O)[O-])cc2C#N)cc1. The standard InChI is InChI=1S/C15H12N2O2S/c1-2-11-3-6-14(7-4-11)20-15-8-5-13(17(18)19)9-12(15)10-16/h3-9H,2H2,1H3. The zero-order chi connectivity index (χ0) is 14.5. The van der Waals surface area contributed by atoms with Gasteiger partial charge in [-0.15, -0.1) is 0 Å². The van der Waals surface area contributed by atoms with Crippen LogP contribution < -0.4 is 0 Å². The number of nitrogens with zero attached hydrogens (tertiary/aromatic N) is 2. The lowest BCUT2D eigenvalue weighted by molar-refractivity contribution is -0.384. The van der Waals surface area contributed by atoms with Gasteiger partial charge in [-0.1, -0.05) is 30.8 Å². The minimum absolute atomic E-state index is 0.0627. The van der Waals surface area contributed by atoms with Gasteiger partial charge in [0.15, 0.2) is 0 Å². The molecule has 0 aliphatic heterocycles. The van der Waals surface area contributed by atoms with Gasteiger partial charge in [0.2, 0.25) is 0 Å². The van der Waals surface area contributed by atoms with Crippen molar-refractivity contribution in [3.63, 3.8) is 0 Å². The molecule has 0 saturated carbocycles. The summed E-state index contributed by atoms with van der Waals surface area (Å²) in [5.74, 6) is 0. The molecule has 100 valence electrons. The Balaban J connectivity index is 2.28. The lowest BCUT2D eigenvalue weighted by Gasteiger charge is -2.05. The second-order valence-corrected chi connectivity index (χ2v) is 5.26. The summed E-state index contributed by atoms with van der Waals surface area (Å²) in [6.07, 6.45) is 0.978. The molecule has 2 aromatic carbocycles. The molecular formula is C15H12N2O2S. The van der Waals surface area contributed by atoms with E-state index < -0.39 is 4.92 Å². The van der Waals surface area contributed by atoms with Crippen LogP contribution in [0, 0.1) is 21.4 Å². The second-order valence-electron chi connectivity index (χ2n) is 4.15. The van der Waals surface area contributed by atoms with Gasteiger partial charge in [0, 0.05) is 21.9 Å². The highest BCUT2D eigenvalue weighted by Gasteiger charge is 2.11. The number of aryl methyl sites for hydroxylation is 1. The Morgan fingerprint density at radius 1 is 1.25 bits per heavy atom. The molecule has 0 unspecified atom stereocenters. The molecule has 2 aromatic rings. The fourth-order valence-corrected chi connectivity index (χ4v) is 2.60. The van der Waals surface area contributed by atoms with Crippen LogP contribution in [0.2, 0.25) is 0 Å². The molecule has 2 rings (SSSR count). The minimum Gasteiger partial charge on any atom is -0.258 e. The molecule has 0 aromatic heterocycles. The van der Waals surface area contributed by atoms with Crippen molar-refractivity contribution < 1.29 is 4.92 Å². The molecule has 20 heavy (non-hydrogen) atoms. The Bertz CT molecular complexity index is 675. The fraction of sp³-hybridized carbons (Fsp3) is 0.133. The Morgan fingerprint density at radius 2 is 1.95 bits per heavy atom. The number of hydrogen-bond acceptors (Lipinski definition) is 4. The maximum Gasteiger partial charge on any atom is 0.270 e. The number of benzene rings is 2. The van der Waals surface area contributed by atoms with E-state index in [9.17, 15) is 10.1 Å². The van der Waals surface area contributed by atoms with Crippen LogP contribution in [-0.2, 0) is 6.42 Å². The van der Waals surface area contributed by atoms with Crippen LogP contribution in [0.3, 0.4) is 0 Å². The third kappa shape index (κ3) is 3.16. The van der Waals surface area contributed by atoms with Crippen molar-refractivity contribution in [1.82, 2.24) is 0 Å². The van der Waals surface area contributed by atoms with E-state index in [2.05, 4.69) is 6.92 Å². The highest BCUT2D eigenvalue weighted by atomic mass is 32.2. The molecule has 0 aliphatic rings. The largest absolute Gasteiger partial charge is 0.270 e. The summed E-state index contributed by atoms with van der Waals surface area (Å²) in [4.78, 5) is 11.9. The average Bonchev–Trinajstić information content (AvgIpc) is 2.48. The Hall–Kier alpha value is -2.32. The van der Waals surface area contributed by atoms with Crippen molar-refractivity contribution >= 4 is 17.4 Å². The summed E-state index contributed by atoms with van der Waals surface area (Å²) in [7, 11) is 0. The van der Waals surface area contributed by atoms with Gasteiger partial charge in [-0.25, -0.2) is 0 Å². The number of nitro benzene ring substituents is 1. The van der Waals surface area contributed by atoms with Gasteiger partial charge in [0.1, 0.15) is 6.07 Å². The van der Waals surface area contributed by atoms with Crippen LogP contribution in [-0.4, -0.2) is 4.92 Å². The number of non-ortho nitro benzene ring substituents is 1. The monoisotopic (exact) mass is 284 g/mol. The number of hydrogen-bond donors (Lipinski definition) is 0. The molecule has 0 heterocycles. The van der Waals surface area contributed by atoms with Crippen LogP contribution in [0.25, 0.3) is 0 Å². The first kappa shape index (κ1) is 14.1. The molecule has 0 N–H and O–H groups in total. The van der Waals surface area contributed by atoms with Gasteiger partial charge >= 0.3 is 0 Å². The molecule has 0 amide bonds. The highest BCUT2D eigenvalue weighted by Crippen LogP contribution is 2.32. The number of nitro groups is 1. The van der Waals surface area contributed by atoms with Crippen LogP contribution >= 0.6 is 11.8 Å². The van der Waals surface area contributed by atoms with Crippen molar-refractivity contribution in [3.05, 3.63) is 63.7 Å². The van der Waals surface area contributed by atoms with E-state index in [1.165, 1.54) is 29.5 Å². The van der Waals surface area contributed by atoms with Crippen molar-refractivity contribution in [2.75, 3.05) is 0 Å². The van der Waals surface area contributed by atoms with E-state index in [0.29, 0.717) is 5.56 Å². The zero-order valence-electron chi connectivity index (χ0n) is 10.9. The minimum atomic E-state index is -0.495. The molecular weight excluding hydrogens is 272 g/mol. The molecule has 0 spiro atoms. The van der Waals surface area contributed by atoms with E-state index in [-0.39, 0.29) is 5.69 Å². The van der Waals surface area contributed by atoms with Gasteiger partial charge in [-0.2, -0.15) is 5.26 Å².